The normalized spacial score (nSPS) is 12.3. The Morgan fingerprint density at radius 2 is 2.25 bits per heavy atom. The van der Waals surface area contributed by atoms with E-state index in [-0.39, 0.29) is 17.9 Å². The zero-order valence-electron chi connectivity index (χ0n) is 8.73. The molecule has 0 aliphatic carbocycles. The number of aromatic amines is 1. The summed E-state index contributed by atoms with van der Waals surface area (Å²) in [5.74, 6) is -3.11. The predicted molar refractivity (Wildman–Crippen MR) is 56.2 cm³/mol. The Morgan fingerprint density at radius 3 is 2.69 bits per heavy atom. The van der Waals surface area contributed by atoms with Gasteiger partial charge in [-0.2, -0.15) is 4.98 Å². The number of nitrogens with two attached hydrogens (primary N) is 1. The first-order valence-corrected chi connectivity index (χ1v) is 4.78. The molecule has 0 saturated heterocycles. The number of H-pyrrole nitrogens is 1. The number of rotatable bonds is 4. The van der Waals surface area contributed by atoms with Crippen LogP contribution in [0.4, 0.5) is 5.95 Å². The van der Waals surface area contributed by atoms with Gasteiger partial charge >= 0.3 is 5.97 Å². The van der Waals surface area contributed by atoms with Crippen molar-refractivity contribution in [3.05, 3.63) is 15.9 Å². The maximum atomic E-state index is 11.5. The predicted octanol–water partition coefficient (Wildman–Crippen LogP) is 0.0260. The molecule has 0 aromatic carbocycles. The number of nitrogen functional groups attached to an aromatic ring is 1. The molecule has 0 bridgehead atoms. The number of hydrogen-bond donors (Lipinski definition) is 4. The van der Waals surface area contributed by atoms with Crippen molar-refractivity contribution >= 4 is 11.9 Å². The van der Waals surface area contributed by atoms with Crippen molar-refractivity contribution in [1.29, 1.82) is 0 Å². The van der Waals surface area contributed by atoms with E-state index in [2.05, 4.69) is 9.97 Å². The summed E-state index contributed by atoms with van der Waals surface area (Å²) in [4.78, 5) is 28.0. The second-order valence-electron chi connectivity index (χ2n) is 3.37. The van der Waals surface area contributed by atoms with Crippen molar-refractivity contribution in [2.45, 2.75) is 25.7 Å². The van der Waals surface area contributed by atoms with Crippen LogP contribution >= 0.6 is 0 Å². The number of nitrogens with one attached hydrogen (secondary N) is 1. The molecule has 1 aromatic rings. The quantitative estimate of drug-likeness (QED) is 0.574. The van der Waals surface area contributed by atoms with E-state index in [1.165, 1.54) is 0 Å². The van der Waals surface area contributed by atoms with Crippen molar-refractivity contribution in [1.82, 2.24) is 9.97 Å². The van der Waals surface area contributed by atoms with Crippen LogP contribution in [0.15, 0.2) is 4.79 Å². The van der Waals surface area contributed by atoms with Gasteiger partial charge in [0.15, 0.2) is 0 Å². The molecule has 0 unspecified atom stereocenters. The topological polar surface area (TPSA) is 129 Å². The average molecular weight is 227 g/mol. The highest BCUT2D eigenvalue weighted by Gasteiger charge is 2.26. The van der Waals surface area contributed by atoms with Gasteiger partial charge in [-0.05, 0) is 6.42 Å². The molecule has 1 heterocycles. The third-order valence-electron chi connectivity index (χ3n) is 2.18. The number of carbonyl (C=O) groups is 1. The molecule has 7 nitrogen and oxygen atoms in total. The van der Waals surface area contributed by atoms with E-state index in [0.717, 1.165) is 0 Å². The van der Waals surface area contributed by atoms with Crippen LogP contribution in [0.2, 0.25) is 0 Å². The first-order chi connectivity index (χ1) is 7.47. The number of hydrogen-bond acceptors (Lipinski definition) is 5. The van der Waals surface area contributed by atoms with Crippen LogP contribution in [0.1, 0.15) is 31.2 Å². The molecule has 0 fully saturated rings. The van der Waals surface area contributed by atoms with Crippen LogP contribution in [0.5, 0.6) is 5.88 Å². The summed E-state index contributed by atoms with van der Waals surface area (Å²) >= 11 is 0. The summed E-state index contributed by atoms with van der Waals surface area (Å²) in [6.45, 7) is 1.78. The maximum absolute atomic E-state index is 11.5. The van der Waals surface area contributed by atoms with Crippen LogP contribution in [0.25, 0.3) is 0 Å². The minimum Gasteiger partial charge on any atom is -0.493 e. The first kappa shape index (κ1) is 12.0. The minimum absolute atomic E-state index is 0.244. The molecule has 0 amide bonds. The molecule has 0 radical (unpaired) electrons. The van der Waals surface area contributed by atoms with Gasteiger partial charge in [-0.15, -0.1) is 0 Å². The lowest BCUT2D eigenvalue weighted by Gasteiger charge is -2.11. The van der Waals surface area contributed by atoms with Crippen LogP contribution < -0.4 is 11.3 Å². The molecular weight excluding hydrogens is 214 g/mol. The Bertz CT molecular complexity index is 455. The van der Waals surface area contributed by atoms with Gasteiger partial charge in [0.1, 0.15) is 0 Å². The van der Waals surface area contributed by atoms with E-state index in [1.807, 2.05) is 0 Å². The first-order valence-electron chi connectivity index (χ1n) is 4.78. The Morgan fingerprint density at radius 1 is 1.62 bits per heavy atom. The van der Waals surface area contributed by atoms with E-state index in [4.69, 9.17) is 10.8 Å². The number of aliphatic carboxylic acids is 1. The lowest BCUT2D eigenvalue weighted by Crippen LogP contribution is -2.23. The Balaban J connectivity index is 3.29. The van der Waals surface area contributed by atoms with Crippen molar-refractivity contribution in [2.24, 2.45) is 0 Å². The number of nitrogens with zero attached hydrogens (tertiary/aromatic N) is 1. The largest absolute Gasteiger partial charge is 0.493 e. The van der Waals surface area contributed by atoms with E-state index in [9.17, 15) is 14.7 Å². The van der Waals surface area contributed by atoms with Gasteiger partial charge in [-0.25, -0.2) is 0 Å². The minimum atomic E-state index is -1.17. The Labute approximate surface area is 90.9 Å². The molecule has 0 aliphatic rings. The van der Waals surface area contributed by atoms with Crippen LogP contribution in [0.3, 0.4) is 0 Å². The van der Waals surface area contributed by atoms with Gasteiger partial charge < -0.3 is 15.9 Å². The molecule has 0 spiro atoms. The molecule has 5 N–H and O–H groups in total. The van der Waals surface area contributed by atoms with Crippen molar-refractivity contribution in [2.75, 3.05) is 5.73 Å². The maximum Gasteiger partial charge on any atom is 0.311 e. The van der Waals surface area contributed by atoms with E-state index in [0.29, 0.717) is 6.42 Å². The van der Waals surface area contributed by atoms with Gasteiger partial charge in [0.25, 0.3) is 5.56 Å². The smallest absolute Gasteiger partial charge is 0.311 e. The summed E-state index contributed by atoms with van der Waals surface area (Å²) in [6.07, 6.45) is 0.817. The van der Waals surface area contributed by atoms with Crippen LogP contribution in [0, 0.1) is 0 Å². The number of carboxylic acid groups (broad SMARTS) is 1. The number of aromatic hydroxyl groups is 1. The van der Waals surface area contributed by atoms with Gasteiger partial charge in [0, 0.05) is 0 Å². The molecule has 1 rings (SSSR count). The summed E-state index contributed by atoms with van der Waals surface area (Å²) < 4.78 is 0. The number of aromatic nitrogens is 2. The molecular formula is C9H13N3O4. The molecule has 7 heteroatoms. The molecule has 1 atom stereocenters. The fourth-order valence-corrected chi connectivity index (χ4v) is 1.48. The van der Waals surface area contributed by atoms with E-state index >= 15 is 0 Å². The molecule has 0 aliphatic heterocycles. The van der Waals surface area contributed by atoms with Gasteiger partial charge in [0.05, 0.1) is 11.5 Å². The standard InChI is InChI=1S/C9H13N3O4/c1-2-3-4(8(15)16)5-6(13)11-9(10)12-7(5)14/h4H,2-3H2,1H3,(H,15,16)(H4,10,11,12,13,14)/t4-/m0/s1. The highest BCUT2D eigenvalue weighted by molar-refractivity contribution is 5.76. The molecule has 88 valence electrons. The second kappa shape index (κ2) is 4.65. The summed E-state index contributed by atoms with van der Waals surface area (Å²) in [5.41, 5.74) is 4.24. The SMILES string of the molecule is CCC[C@H](C(=O)O)c1c(O)nc(N)[nH]c1=O. The highest BCUT2D eigenvalue weighted by Crippen LogP contribution is 2.24. The van der Waals surface area contributed by atoms with Crippen molar-refractivity contribution in [3.63, 3.8) is 0 Å². The summed E-state index contributed by atoms with van der Waals surface area (Å²) in [5, 5.41) is 18.4. The van der Waals surface area contributed by atoms with Gasteiger partial charge in [-0.1, -0.05) is 13.3 Å². The Hall–Kier alpha value is -2.05. The van der Waals surface area contributed by atoms with Gasteiger partial charge in [-0.3, -0.25) is 14.6 Å². The molecule has 16 heavy (non-hydrogen) atoms. The second-order valence-corrected chi connectivity index (χ2v) is 3.37. The lowest BCUT2D eigenvalue weighted by atomic mass is 9.96. The zero-order valence-corrected chi connectivity index (χ0v) is 8.73. The van der Waals surface area contributed by atoms with Crippen molar-refractivity contribution < 1.29 is 15.0 Å². The van der Waals surface area contributed by atoms with Crippen LogP contribution in [-0.2, 0) is 4.79 Å². The van der Waals surface area contributed by atoms with E-state index in [1.54, 1.807) is 6.92 Å². The third kappa shape index (κ3) is 2.30. The third-order valence-corrected chi connectivity index (χ3v) is 2.18. The average Bonchev–Trinajstić information content (AvgIpc) is 2.14. The van der Waals surface area contributed by atoms with Gasteiger partial charge in [0.2, 0.25) is 11.8 Å². The summed E-state index contributed by atoms with van der Waals surface area (Å²) in [7, 11) is 0. The monoisotopic (exact) mass is 227 g/mol. The van der Waals surface area contributed by atoms with E-state index < -0.39 is 23.3 Å². The lowest BCUT2D eigenvalue weighted by molar-refractivity contribution is -0.139. The highest BCUT2D eigenvalue weighted by atomic mass is 16.4. The Kier molecular flexibility index (Phi) is 3.49. The fourth-order valence-electron chi connectivity index (χ4n) is 1.48. The van der Waals surface area contributed by atoms with Crippen molar-refractivity contribution in [3.8, 4) is 5.88 Å². The van der Waals surface area contributed by atoms with Crippen LogP contribution in [-0.4, -0.2) is 26.2 Å². The fraction of sp³-hybridized carbons (Fsp3) is 0.444. The number of carboxylic acids is 1. The number of anilines is 1. The molecule has 1 aromatic heterocycles. The molecule has 0 saturated carbocycles. The zero-order chi connectivity index (χ0) is 12.3. The summed E-state index contributed by atoms with van der Waals surface area (Å²) in [6, 6.07) is 0.